The molecule has 1 aliphatic carbocycles. The molecule has 5 heteroatoms. The van der Waals surface area contributed by atoms with Crippen molar-refractivity contribution in [3.8, 4) is 16.9 Å². The number of carbonyl (C=O) groups is 1. The molecular formula is C29H38N2O3. The molecular weight excluding hydrogens is 424 g/mol. The van der Waals surface area contributed by atoms with Crippen LogP contribution in [-0.4, -0.2) is 43.3 Å². The van der Waals surface area contributed by atoms with E-state index in [0.717, 1.165) is 50.2 Å². The molecule has 2 aromatic carbocycles. The van der Waals surface area contributed by atoms with Crippen LogP contribution in [0.2, 0.25) is 0 Å². The average Bonchev–Trinajstić information content (AvgIpc) is 3.07. The lowest BCUT2D eigenvalue weighted by Gasteiger charge is -2.44. The Morgan fingerprint density at radius 1 is 1.12 bits per heavy atom. The number of nitrogens with zero attached hydrogens (tertiary/aromatic N) is 1. The number of hydrogen-bond donors (Lipinski definition) is 1. The van der Waals surface area contributed by atoms with Gasteiger partial charge in [-0.3, -0.25) is 4.90 Å². The summed E-state index contributed by atoms with van der Waals surface area (Å²) in [5.41, 5.74) is 4.76. The van der Waals surface area contributed by atoms with E-state index < -0.39 is 0 Å². The van der Waals surface area contributed by atoms with E-state index in [9.17, 15) is 4.79 Å². The molecule has 6 rings (SSSR count). The van der Waals surface area contributed by atoms with Gasteiger partial charge in [-0.25, -0.2) is 4.79 Å². The first-order valence-corrected chi connectivity index (χ1v) is 12.8. The Morgan fingerprint density at radius 2 is 1.88 bits per heavy atom. The fourth-order valence-corrected chi connectivity index (χ4v) is 5.87. The highest BCUT2D eigenvalue weighted by molar-refractivity contribution is 5.70. The maximum Gasteiger partial charge on any atom is 0.407 e. The van der Waals surface area contributed by atoms with E-state index in [1.54, 1.807) is 0 Å². The molecule has 2 bridgehead atoms. The predicted molar refractivity (Wildman–Crippen MR) is 135 cm³/mol. The summed E-state index contributed by atoms with van der Waals surface area (Å²) in [5, 5.41) is 3.23. The summed E-state index contributed by atoms with van der Waals surface area (Å²) in [6, 6.07) is 14.9. The second-order valence-corrected chi connectivity index (χ2v) is 11.5. The highest BCUT2D eigenvalue weighted by Crippen LogP contribution is 2.46. The van der Waals surface area contributed by atoms with Crippen LogP contribution >= 0.6 is 0 Å². The lowest BCUT2D eigenvalue weighted by atomic mass is 9.85. The number of amides is 1. The zero-order chi connectivity index (χ0) is 23.9. The van der Waals surface area contributed by atoms with E-state index in [0.29, 0.717) is 18.4 Å². The van der Waals surface area contributed by atoms with Gasteiger partial charge in [-0.1, -0.05) is 58.0 Å². The van der Waals surface area contributed by atoms with Crippen LogP contribution in [0.3, 0.4) is 0 Å². The fraction of sp³-hybridized carbons (Fsp3) is 0.552. The number of rotatable bonds is 6. The Bertz CT molecular complexity index is 1040. The van der Waals surface area contributed by atoms with Crippen LogP contribution in [0.15, 0.2) is 42.5 Å². The van der Waals surface area contributed by atoms with Crippen molar-refractivity contribution in [2.75, 3.05) is 26.2 Å². The van der Waals surface area contributed by atoms with Crippen LogP contribution < -0.4 is 10.1 Å². The normalized spacial score (nSPS) is 26.9. The second kappa shape index (κ2) is 9.26. The predicted octanol–water partition coefficient (Wildman–Crippen LogP) is 5.83. The SMILES string of the molecule is CC(C)COc1cccc(-c2ccc3c(c2)CC(C)(C)C3NC(=O)O[C@H]2CN3CCC2CC3)c1. The van der Waals surface area contributed by atoms with E-state index in [4.69, 9.17) is 9.47 Å². The molecule has 3 heterocycles. The monoisotopic (exact) mass is 462 g/mol. The minimum Gasteiger partial charge on any atom is -0.493 e. The molecule has 3 aliphatic heterocycles. The van der Waals surface area contributed by atoms with E-state index in [1.165, 1.54) is 16.7 Å². The Kier molecular flexibility index (Phi) is 6.32. The minimum absolute atomic E-state index is 0.0269. The molecule has 1 N–H and O–H groups in total. The molecule has 0 saturated carbocycles. The van der Waals surface area contributed by atoms with Crippen molar-refractivity contribution in [2.45, 2.75) is 59.1 Å². The van der Waals surface area contributed by atoms with Crippen molar-refractivity contribution >= 4 is 6.09 Å². The lowest BCUT2D eigenvalue weighted by molar-refractivity contribution is -0.0348. The number of hydrogen-bond acceptors (Lipinski definition) is 4. The molecule has 0 radical (unpaired) electrons. The third kappa shape index (κ3) is 4.81. The Morgan fingerprint density at radius 3 is 2.59 bits per heavy atom. The maximum atomic E-state index is 12.9. The first kappa shape index (κ1) is 23.2. The summed E-state index contributed by atoms with van der Waals surface area (Å²) in [6.45, 7) is 12.6. The molecule has 5 nitrogen and oxygen atoms in total. The molecule has 0 spiro atoms. The summed E-state index contributed by atoms with van der Waals surface area (Å²) >= 11 is 0. The van der Waals surface area contributed by atoms with Crippen molar-refractivity contribution in [1.29, 1.82) is 0 Å². The molecule has 1 amide bonds. The topological polar surface area (TPSA) is 50.8 Å². The lowest BCUT2D eigenvalue weighted by Crippen LogP contribution is -2.53. The van der Waals surface area contributed by atoms with Crippen LogP contribution in [0.5, 0.6) is 5.75 Å². The van der Waals surface area contributed by atoms with Crippen molar-refractivity contribution < 1.29 is 14.3 Å². The van der Waals surface area contributed by atoms with Gasteiger partial charge >= 0.3 is 6.09 Å². The maximum absolute atomic E-state index is 12.9. The Balaban J connectivity index is 1.30. The molecule has 182 valence electrons. The first-order chi connectivity index (χ1) is 16.3. The van der Waals surface area contributed by atoms with Crippen LogP contribution in [-0.2, 0) is 11.2 Å². The van der Waals surface area contributed by atoms with Gasteiger partial charge in [-0.2, -0.15) is 0 Å². The van der Waals surface area contributed by atoms with Crippen molar-refractivity contribution in [3.05, 3.63) is 53.6 Å². The van der Waals surface area contributed by atoms with Crippen molar-refractivity contribution in [3.63, 3.8) is 0 Å². The second-order valence-electron chi connectivity index (χ2n) is 11.5. The number of piperidine rings is 3. The van der Waals surface area contributed by atoms with Gasteiger partial charge in [0.1, 0.15) is 11.9 Å². The third-order valence-corrected chi connectivity index (χ3v) is 7.75. The summed E-state index contributed by atoms with van der Waals surface area (Å²) in [7, 11) is 0. The highest BCUT2D eigenvalue weighted by atomic mass is 16.6. The molecule has 2 atom stereocenters. The number of ether oxygens (including phenoxy) is 2. The molecule has 3 fully saturated rings. The number of alkyl carbamates (subject to hydrolysis) is 1. The number of benzene rings is 2. The molecule has 34 heavy (non-hydrogen) atoms. The van der Waals surface area contributed by atoms with Crippen LogP contribution in [0, 0.1) is 17.3 Å². The summed E-state index contributed by atoms with van der Waals surface area (Å²) in [4.78, 5) is 15.3. The summed E-state index contributed by atoms with van der Waals surface area (Å²) < 4.78 is 11.9. The smallest absolute Gasteiger partial charge is 0.407 e. The van der Waals surface area contributed by atoms with Gasteiger partial charge in [-0.05, 0) is 84.0 Å². The van der Waals surface area contributed by atoms with Gasteiger partial charge < -0.3 is 14.8 Å². The molecule has 3 saturated heterocycles. The third-order valence-electron chi connectivity index (χ3n) is 7.75. The molecule has 1 unspecified atom stereocenters. The van der Waals surface area contributed by atoms with Crippen LogP contribution in [0.25, 0.3) is 11.1 Å². The quantitative estimate of drug-likeness (QED) is 0.587. The molecule has 4 aliphatic rings. The van der Waals surface area contributed by atoms with Gasteiger partial charge in [0, 0.05) is 6.54 Å². The Hall–Kier alpha value is -2.53. The van der Waals surface area contributed by atoms with E-state index in [-0.39, 0.29) is 23.7 Å². The van der Waals surface area contributed by atoms with Crippen LogP contribution in [0.4, 0.5) is 4.79 Å². The van der Waals surface area contributed by atoms with Gasteiger partial charge in [0.2, 0.25) is 0 Å². The minimum atomic E-state index is -0.274. The summed E-state index contributed by atoms with van der Waals surface area (Å²) in [5.74, 6) is 1.91. The largest absolute Gasteiger partial charge is 0.493 e. The number of carbonyl (C=O) groups excluding carboxylic acids is 1. The van der Waals surface area contributed by atoms with Gasteiger partial charge in [-0.15, -0.1) is 0 Å². The number of fused-ring (bicyclic) bond motifs is 4. The molecule has 0 aromatic heterocycles. The fourth-order valence-electron chi connectivity index (χ4n) is 5.87. The molecule has 2 aromatic rings. The zero-order valence-corrected chi connectivity index (χ0v) is 21.0. The van der Waals surface area contributed by atoms with E-state index in [2.05, 4.69) is 74.3 Å². The van der Waals surface area contributed by atoms with Crippen LogP contribution in [0.1, 0.15) is 57.7 Å². The van der Waals surface area contributed by atoms with Gasteiger partial charge in [0.15, 0.2) is 0 Å². The number of nitrogens with one attached hydrogen (secondary N) is 1. The highest BCUT2D eigenvalue weighted by Gasteiger charge is 2.42. The van der Waals surface area contributed by atoms with Crippen molar-refractivity contribution in [1.82, 2.24) is 10.2 Å². The van der Waals surface area contributed by atoms with E-state index in [1.807, 2.05) is 6.07 Å². The van der Waals surface area contributed by atoms with E-state index >= 15 is 0 Å². The summed E-state index contributed by atoms with van der Waals surface area (Å²) in [6.07, 6.45) is 2.96. The van der Waals surface area contributed by atoms with Gasteiger partial charge in [0.05, 0.1) is 12.6 Å². The zero-order valence-electron chi connectivity index (χ0n) is 21.0. The van der Waals surface area contributed by atoms with Gasteiger partial charge in [0.25, 0.3) is 0 Å². The van der Waals surface area contributed by atoms with Crippen molar-refractivity contribution in [2.24, 2.45) is 17.3 Å². The first-order valence-electron chi connectivity index (χ1n) is 12.8. The average molecular weight is 463 g/mol. The Labute approximate surface area is 203 Å². The standard InChI is InChI=1S/C29H38N2O3/c1-19(2)18-33-24-7-5-6-21(15-24)22-8-9-25-23(14-22)16-29(3,4)27(25)30-28(32)34-26-17-31-12-10-20(26)11-13-31/h5-9,14-15,19-20,26-27H,10-13,16-18H2,1-4H3,(H,30,32)/t26-,27?/m0/s1.